The van der Waals surface area contributed by atoms with Crippen LogP contribution in [-0.4, -0.2) is 51.4 Å². The van der Waals surface area contributed by atoms with Gasteiger partial charge < -0.3 is 4.74 Å². The van der Waals surface area contributed by atoms with Crippen LogP contribution in [-0.2, 0) is 16.1 Å². The SMILES string of the molecule is Cc1nc(C)n(CC2CCCN(C3CCOC3=O)C2)n1. The maximum absolute atomic E-state index is 11.7. The van der Waals surface area contributed by atoms with Gasteiger partial charge in [0.25, 0.3) is 0 Å². The number of carbonyl (C=O) groups is 1. The van der Waals surface area contributed by atoms with Gasteiger partial charge in [0.2, 0.25) is 0 Å². The Morgan fingerprint density at radius 1 is 1.35 bits per heavy atom. The number of hydrogen-bond acceptors (Lipinski definition) is 5. The first-order chi connectivity index (χ1) is 9.63. The van der Waals surface area contributed by atoms with Crippen LogP contribution in [0, 0.1) is 19.8 Å². The molecule has 3 heterocycles. The van der Waals surface area contributed by atoms with Crippen molar-refractivity contribution in [1.29, 1.82) is 0 Å². The molecule has 110 valence electrons. The van der Waals surface area contributed by atoms with Crippen molar-refractivity contribution in [3.05, 3.63) is 11.6 Å². The maximum Gasteiger partial charge on any atom is 0.323 e. The van der Waals surface area contributed by atoms with Crippen molar-refractivity contribution in [1.82, 2.24) is 19.7 Å². The van der Waals surface area contributed by atoms with E-state index in [1.54, 1.807) is 0 Å². The van der Waals surface area contributed by atoms with Crippen molar-refractivity contribution in [2.75, 3.05) is 19.7 Å². The number of esters is 1. The molecule has 0 aromatic carbocycles. The molecule has 2 aliphatic rings. The van der Waals surface area contributed by atoms with Gasteiger partial charge in [-0.15, -0.1) is 0 Å². The lowest BCUT2D eigenvalue weighted by molar-refractivity contribution is -0.142. The van der Waals surface area contributed by atoms with Crippen LogP contribution in [0.5, 0.6) is 0 Å². The molecule has 6 nitrogen and oxygen atoms in total. The predicted molar refractivity (Wildman–Crippen MR) is 73.2 cm³/mol. The molecular weight excluding hydrogens is 256 g/mol. The number of aryl methyl sites for hydroxylation is 2. The molecule has 2 unspecified atom stereocenters. The number of cyclic esters (lactones) is 1. The first kappa shape index (κ1) is 13.5. The Labute approximate surface area is 119 Å². The zero-order valence-corrected chi connectivity index (χ0v) is 12.2. The average Bonchev–Trinajstić information content (AvgIpc) is 2.96. The molecular formula is C14H22N4O2. The highest BCUT2D eigenvalue weighted by Gasteiger charge is 2.35. The number of aromatic nitrogens is 3. The number of piperidine rings is 1. The van der Waals surface area contributed by atoms with Gasteiger partial charge in [-0.3, -0.25) is 9.69 Å². The molecule has 2 aliphatic heterocycles. The summed E-state index contributed by atoms with van der Waals surface area (Å²) in [6, 6.07) is -0.0172. The van der Waals surface area contributed by atoms with Crippen molar-refractivity contribution in [3.63, 3.8) is 0 Å². The molecule has 0 N–H and O–H groups in total. The Morgan fingerprint density at radius 2 is 2.20 bits per heavy atom. The third-order valence-corrected chi connectivity index (χ3v) is 4.29. The van der Waals surface area contributed by atoms with Crippen molar-refractivity contribution >= 4 is 5.97 Å². The molecule has 3 rings (SSSR count). The largest absolute Gasteiger partial charge is 0.464 e. The fraction of sp³-hybridized carbons (Fsp3) is 0.786. The van der Waals surface area contributed by atoms with Gasteiger partial charge in [-0.1, -0.05) is 0 Å². The van der Waals surface area contributed by atoms with Gasteiger partial charge in [-0.05, 0) is 39.2 Å². The highest BCUT2D eigenvalue weighted by molar-refractivity contribution is 5.77. The Balaban J connectivity index is 1.63. The quantitative estimate of drug-likeness (QED) is 0.770. The van der Waals surface area contributed by atoms with Gasteiger partial charge in [-0.25, -0.2) is 9.67 Å². The Bertz CT molecular complexity index is 499. The van der Waals surface area contributed by atoms with Crippen LogP contribution in [0.4, 0.5) is 0 Å². The van der Waals surface area contributed by atoms with E-state index >= 15 is 0 Å². The van der Waals surface area contributed by atoms with Gasteiger partial charge in [0.15, 0.2) is 0 Å². The minimum Gasteiger partial charge on any atom is -0.464 e. The maximum atomic E-state index is 11.7. The van der Waals surface area contributed by atoms with Gasteiger partial charge in [0.05, 0.1) is 6.61 Å². The monoisotopic (exact) mass is 278 g/mol. The first-order valence-electron chi connectivity index (χ1n) is 7.42. The van der Waals surface area contributed by atoms with E-state index < -0.39 is 0 Å². The molecule has 2 atom stereocenters. The summed E-state index contributed by atoms with van der Waals surface area (Å²) in [5.74, 6) is 2.30. The molecule has 2 saturated heterocycles. The molecule has 1 aromatic heterocycles. The number of ether oxygens (including phenoxy) is 1. The minimum absolute atomic E-state index is 0.0172. The molecule has 0 bridgehead atoms. The zero-order valence-electron chi connectivity index (χ0n) is 12.2. The Hall–Kier alpha value is -1.43. The lowest BCUT2D eigenvalue weighted by Crippen LogP contribution is -2.45. The van der Waals surface area contributed by atoms with Gasteiger partial charge in [0, 0.05) is 19.5 Å². The normalized spacial score (nSPS) is 27.8. The van der Waals surface area contributed by atoms with E-state index in [9.17, 15) is 4.79 Å². The van der Waals surface area contributed by atoms with Crippen molar-refractivity contribution in [3.8, 4) is 0 Å². The van der Waals surface area contributed by atoms with Crippen molar-refractivity contribution in [2.45, 2.75) is 45.7 Å². The fourth-order valence-electron chi connectivity index (χ4n) is 3.33. The van der Waals surface area contributed by atoms with E-state index in [2.05, 4.69) is 15.0 Å². The van der Waals surface area contributed by atoms with Crippen molar-refractivity contribution in [2.24, 2.45) is 5.92 Å². The summed E-state index contributed by atoms with van der Waals surface area (Å²) >= 11 is 0. The standard InChI is InChI=1S/C14H22N4O2/c1-10-15-11(2)18(16-10)9-12-4-3-6-17(8-12)13-5-7-20-14(13)19/h12-13H,3-9H2,1-2H3. The van der Waals surface area contributed by atoms with Crippen LogP contribution in [0.15, 0.2) is 0 Å². The van der Waals surface area contributed by atoms with E-state index in [0.717, 1.165) is 44.1 Å². The summed E-state index contributed by atoms with van der Waals surface area (Å²) in [5, 5.41) is 4.44. The molecule has 6 heteroatoms. The Morgan fingerprint density at radius 3 is 2.85 bits per heavy atom. The van der Waals surface area contributed by atoms with E-state index in [1.807, 2.05) is 18.5 Å². The van der Waals surface area contributed by atoms with Gasteiger partial charge >= 0.3 is 5.97 Å². The van der Waals surface area contributed by atoms with Crippen LogP contribution < -0.4 is 0 Å². The number of hydrogen-bond donors (Lipinski definition) is 0. The van der Waals surface area contributed by atoms with Crippen LogP contribution in [0.3, 0.4) is 0 Å². The van der Waals surface area contributed by atoms with Crippen LogP contribution in [0.1, 0.15) is 30.9 Å². The summed E-state index contributed by atoms with van der Waals surface area (Å²) < 4.78 is 7.08. The van der Waals surface area contributed by atoms with Gasteiger partial charge in [0.1, 0.15) is 17.7 Å². The number of carbonyl (C=O) groups excluding carboxylic acids is 1. The highest BCUT2D eigenvalue weighted by atomic mass is 16.5. The molecule has 0 saturated carbocycles. The molecule has 1 aromatic rings. The lowest BCUT2D eigenvalue weighted by Gasteiger charge is -2.35. The third kappa shape index (κ3) is 2.70. The molecule has 0 aliphatic carbocycles. The molecule has 0 amide bonds. The van der Waals surface area contributed by atoms with Crippen LogP contribution in [0.2, 0.25) is 0 Å². The van der Waals surface area contributed by atoms with Crippen LogP contribution >= 0.6 is 0 Å². The average molecular weight is 278 g/mol. The molecule has 2 fully saturated rings. The first-order valence-corrected chi connectivity index (χ1v) is 7.42. The molecule has 0 spiro atoms. The lowest BCUT2D eigenvalue weighted by atomic mass is 9.96. The van der Waals surface area contributed by atoms with E-state index in [1.165, 1.54) is 6.42 Å². The zero-order chi connectivity index (χ0) is 14.1. The van der Waals surface area contributed by atoms with Gasteiger partial charge in [-0.2, -0.15) is 5.10 Å². The van der Waals surface area contributed by atoms with Crippen LogP contribution in [0.25, 0.3) is 0 Å². The molecule has 0 radical (unpaired) electrons. The van der Waals surface area contributed by atoms with Crippen molar-refractivity contribution < 1.29 is 9.53 Å². The van der Waals surface area contributed by atoms with E-state index in [-0.39, 0.29) is 12.0 Å². The summed E-state index contributed by atoms with van der Waals surface area (Å²) in [4.78, 5) is 18.3. The summed E-state index contributed by atoms with van der Waals surface area (Å²) in [6.45, 7) is 7.35. The molecule has 20 heavy (non-hydrogen) atoms. The second-order valence-corrected chi connectivity index (χ2v) is 5.86. The summed E-state index contributed by atoms with van der Waals surface area (Å²) in [5.41, 5.74) is 0. The third-order valence-electron chi connectivity index (χ3n) is 4.29. The summed E-state index contributed by atoms with van der Waals surface area (Å²) in [7, 11) is 0. The fourth-order valence-corrected chi connectivity index (χ4v) is 3.33. The number of rotatable bonds is 3. The number of likely N-dealkylation sites (tertiary alicyclic amines) is 1. The summed E-state index contributed by atoms with van der Waals surface area (Å²) in [6.07, 6.45) is 3.17. The number of nitrogens with zero attached hydrogens (tertiary/aromatic N) is 4. The predicted octanol–water partition coefficient (Wildman–Crippen LogP) is 0.922. The minimum atomic E-state index is -0.0431. The highest BCUT2D eigenvalue weighted by Crippen LogP contribution is 2.24. The van der Waals surface area contributed by atoms with E-state index in [4.69, 9.17) is 4.74 Å². The Kier molecular flexibility index (Phi) is 3.74. The second kappa shape index (κ2) is 5.52. The topological polar surface area (TPSA) is 60.2 Å². The smallest absolute Gasteiger partial charge is 0.323 e. The van der Waals surface area contributed by atoms with E-state index in [0.29, 0.717) is 12.5 Å². The second-order valence-electron chi connectivity index (χ2n) is 5.86.